The summed E-state index contributed by atoms with van der Waals surface area (Å²) in [6, 6.07) is 14.6. The van der Waals surface area contributed by atoms with Crippen molar-refractivity contribution in [2.24, 2.45) is 10.2 Å². The van der Waals surface area contributed by atoms with Crippen LogP contribution in [0.5, 0.6) is 11.5 Å². The number of ether oxygens (including phenoxy) is 4. The number of methoxy groups -OCH3 is 1. The molecule has 0 aliphatic carbocycles. The lowest BCUT2D eigenvalue weighted by molar-refractivity contribution is -0.139. The number of hydrogen-bond acceptors (Lipinski definition) is 7. The second-order valence-corrected chi connectivity index (χ2v) is 5.22. The fraction of sp³-hybridized carbons (Fsp3) is 0.250. The lowest BCUT2D eigenvalue weighted by Gasteiger charge is -2.07. The van der Waals surface area contributed by atoms with Gasteiger partial charge in [-0.1, -0.05) is 6.58 Å². The maximum atomic E-state index is 10.8. The Kier molecular flexibility index (Phi) is 8.52. The Labute approximate surface area is 158 Å². The SMILES string of the molecule is C=CC(=O)OCCOCCOc1ccc(N=Nc2ccc(OC)cc2)cc1. The van der Waals surface area contributed by atoms with E-state index >= 15 is 0 Å². The summed E-state index contributed by atoms with van der Waals surface area (Å²) in [5.74, 6) is 1.02. The zero-order chi connectivity index (χ0) is 19.3. The van der Waals surface area contributed by atoms with Crippen molar-refractivity contribution in [3.05, 3.63) is 61.2 Å². The van der Waals surface area contributed by atoms with Crippen molar-refractivity contribution in [3.8, 4) is 11.5 Å². The molecule has 0 saturated heterocycles. The third kappa shape index (κ3) is 7.70. The van der Waals surface area contributed by atoms with Gasteiger partial charge in [-0.3, -0.25) is 0 Å². The van der Waals surface area contributed by atoms with Crippen LogP contribution in [0, 0.1) is 0 Å². The highest BCUT2D eigenvalue weighted by Gasteiger charge is 1.98. The van der Waals surface area contributed by atoms with Crippen LogP contribution in [0.2, 0.25) is 0 Å². The standard InChI is InChI=1S/C20H22N2O5/c1-3-20(23)27-15-13-25-12-14-26-19-10-6-17(7-11-19)22-21-16-4-8-18(24-2)9-5-16/h3-11H,1,12-15H2,2H3. The van der Waals surface area contributed by atoms with Crippen molar-refractivity contribution in [2.45, 2.75) is 0 Å². The maximum absolute atomic E-state index is 10.8. The molecule has 7 nitrogen and oxygen atoms in total. The maximum Gasteiger partial charge on any atom is 0.330 e. The Hall–Kier alpha value is -3.19. The van der Waals surface area contributed by atoms with Gasteiger partial charge in [-0.15, -0.1) is 0 Å². The monoisotopic (exact) mass is 370 g/mol. The number of esters is 1. The average molecular weight is 370 g/mol. The number of carbonyl (C=O) groups excluding carboxylic acids is 1. The highest BCUT2D eigenvalue weighted by Crippen LogP contribution is 2.22. The number of carbonyl (C=O) groups is 1. The predicted octanol–water partition coefficient (Wildman–Crippen LogP) is 4.24. The molecule has 2 rings (SSSR count). The molecule has 0 spiro atoms. The van der Waals surface area contributed by atoms with Gasteiger partial charge in [0.2, 0.25) is 0 Å². The van der Waals surface area contributed by atoms with E-state index in [4.69, 9.17) is 18.9 Å². The van der Waals surface area contributed by atoms with Gasteiger partial charge >= 0.3 is 5.97 Å². The van der Waals surface area contributed by atoms with E-state index in [1.165, 1.54) is 0 Å². The zero-order valence-corrected chi connectivity index (χ0v) is 15.2. The molecule has 0 aliphatic rings. The molecule has 142 valence electrons. The Morgan fingerprint density at radius 2 is 1.44 bits per heavy atom. The van der Waals surface area contributed by atoms with Crippen molar-refractivity contribution < 1.29 is 23.7 Å². The first kappa shape index (κ1) is 20.1. The van der Waals surface area contributed by atoms with Crippen LogP contribution in [0.3, 0.4) is 0 Å². The number of benzene rings is 2. The van der Waals surface area contributed by atoms with Gasteiger partial charge in [0, 0.05) is 6.08 Å². The second kappa shape index (κ2) is 11.4. The lowest BCUT2D eigenvalue weighted by Crippen LogP contribution is -2.12. The van der Waals surface area contributed by atoms with Crippen LogP contribution in [-0.4, -0.2) is 39.5 Å². The smallest absolute Gasteiger partial charge is 0.330 e. The van der Waals surface area contributed by atoms with Gasteiger partial charge in [0.15, 0.2) is 0 Å². The molecule has 0 radical (unpaired) electrons. The molecule has 0 unspecified atom stereocenters. The molecule has 2 aromatic carbocycles. The van der Waals surface area contributed by atoms with Crippen LogP contribution in [0.4, 0.5) is 11.4 Å². The lowest BCUT2D eigenvalue weighted by atomic mass is 10.3. The van der Waals surface area contributed by atoms with E-state index < -0.39 is 5.97 Å². The normalized spacial score (nSPS) is 10.6. The molecular formula is C20H22N2O5. The Morgan fingerprint density at radius 3 is 2.00 bits per heavy atom. The largest absolute Gasteiger partial charge is 0.497 e. The second-order valence-electron chi connectivity index (χ2n) is 5.22. The van der Waals surface area contributed by atoms with Crippen LogP contribution in [0.25, 0.3) is 0 Å². The van der Waals surface area contributed by atoms with E-state index in [0.29, 0.717) is 25.6 Å². The third-order valence-corrected chi connectivity index (χ3v) is 3.33. The number of azo groups is 1. The van der Waals surface area contributed by atoms with Crippen molar-refractivity contribution in [1.29, 1.82) is 0 Å². The minimum atomic E-state index is -0.459. The summed E-state index contributed by atoms with van der Waals surface area (Å²) in [6.45, 7) is 4.60. The van der Waals surface area contributed by atoms with E-state index in [1.807, 2.05) is 48.5 Å². The molecule has 0 heterocycles. The Morgan fingerprint density at radius 1 is 0.889 bits per heavy atom. The molecule has 27 heavy (non-hydrogen) atoms. The summed E-state index contributed by atoms with van der Waals surface area (Å²) in [4.78, 5) is 10.8. The van der Waals surface area contributed by atoms with E-state index in [0.717, 1.165) is 23.2 Å². The molecule has 0 aliphatic heterocycles. The Balaban J connectivity index is 1.67. The summed E-state index contributed by atoms with van der Waals surface area (Å²) in [7, 11) is 1.62. The van der Waals surface area contributed by atoms with Crippen LogP contribution < -0.4 is 9.47 Å². The minimum Gasteiger partial charge on any atom is -0.497 e. The first-order chi connectivity index (χ1) is 13.2. The summed E-state index contributed by atoms with van der Waals surface area (Å²) in [5, 5.41) is 8.35. The number of rotatable bonds is 11. The van der Waals surface area contributed by atoms with E-state index in [9.17, 15) is 4.79 Å². The molecular weight excluding hydrogens is 348 g/mol. The number of nitrogens with zero attached hydrogens (tertiary/aromatic N) is 2. The fourth-order valence-corrected chi connectivity index (χ4v) is 1.95. The highest BCUT2D eigenvalue weighted by atomic mass is 16.6. The van der Waals surface area contributed by atoms with Crippen LogP contribution in [0.1, 0.15) is 0 Å². The summed E-state index contributed by atoms with van der Waals surface area (Å²) >= 11 is 0. The van der Waals surface area contributed by atoms with Crippen LogP contribution in [0.15, 0.2) is 71.4 Å². The van der Waals surface area contributed by atoms with E-state index in [1.54, 1.807) is 7.11 Å². The first-order valence-corrected chi connectivity index (χ1v) is 8.37. The summed E-state index contributed by atoms with van der Waals surface area (Å²) in [5.41, 5.74) is 1.46. The molecule has 0 saturated carbocycles. The zero-order valence-electron chi connectivity index (χ0n) is 15.2. The van der Waals surface area contributed by atoms with Crippen molar-refractivity contribution in [2.75, 3.05) is 33.5 Å². The molecule has 0 bridgehead atoms. The quantitative estimate of drug-likeness (QED) is 0.256. The topological polar surface area (TPSA) is 78.7 Å². The van der Waals surface area contributed by atoms with Gasteiger partial charge in [0.25, 0.3) is 0 Å². The molecule has 2 aromatic rings. The summed E-state index contributed by atoms with van der Waals surface area (Å²) in [6.07, 6.45) is 1.11. The minimum absolute atomic E-state index is 0.193. The first-order valence-electron chi connectivity index (χ1n) is 8.37. The van der Waals surface area contributed by atoms with E-state index in [-0.39, 0.29) is 6.61 Å². The van der Waals surface area contributed by atoms with Crippen LogP contribution in [-0.2, 0) is 14.3 Å². The van der Waals surface area contributed by atoms with Gasteiger partial charge in [0.1, 0.15) is 24.7 Å². The van der Waals surface area contributed by atoms with Crippen LogP contribution >= 0.6 is 0 Å². The highest BCUT2D eigenvalue weighted by molar-refractivity contribution is 5.81. The van der Waals surface area contributed by atoms with Crippen molar-refractivity contribution in [1.82, 2.24) is 0 Å². The van der Waals surface area contributed by atoms with Crippen molar-refractivity contribution >= 4 is 17.3 Å². The van der Waals surface area contributed by atoms with Gasteiger partial charge in [0.05, 0.1) is 31.7 Å². The fourth-order valence-electron chi connectivity index (χ4n) is 1.95. The molecule has 0 atom stereocenters. The molecule has 0 aromatic heterocycles. The molecule has 7 heteroatoms. The van der Waals surface area contributed by atoms with E-state index in [2.05, 4.69) is 16.8 Å². The predicted molar refractivity (Wildman–Crippen MR) is 101 cm³/mol. The van der Waals surface area contributed by atoms with Gasteiger partial charge in [-0.25, -0.2) is 4.79 Å². The molecule has 0 fully saturated rings. The molecule has 0 N–H and O–H groups in total. The Bertz CT molecular complexity index is 742. The van der Waals surface area contributed by atoms with Gasteiger partial charge < -0.3 is 18.9 Å². The van der Waals surface area contributed by atoms with Gasteiger partial charge in [-0.2, -0.15) is 10.2 Å². The third-order valence-electron chi connectivity index (χ3n) is 3.33. The summed E-state index contributed by atoms with van der Waals surface area (Å²) < 4.78 is 20.7. The van der Waals surface area contributed by atoms with Crippen molar-refractivity contribution in [3.63, 3.8) is 0 Å². The van der Waals surface area contributed by atoms with Gasteiger partial charge in [-0.05, 0) is 48.5 Å². The number of hydrogen-bond donors (Lipinski definition) is 0. The average Bonchev–Trinajstić information content (AvgIpc) is 2.72. The molecule has 0 amide bonds.